The molecule has 0 N–H and O–H groups in total. The lowest BCUT2D eigenvalue weighted by Crippen LogP contribution is -1.95. The van der Waals surface area contributed by atoms with Crippen LogP contribution in [0.1, 0.15) is 16.1 Å². The summed E-state index contributed by atoms with van der Waals surface area (Å²) < 4.78 is 12.7. The Kier molecular flexibility index (Phi) is 2.54. The van der Waals surface area contributed by atoms with Crippen LogP contribution in [-0.2, 0) is 0 Å². The van der Waals surface area contributed by atoms with Crippen LogP contribution in [0.15, 0.2) is 24.1 Å². The van der Waals surface area contributed by atoms with Crippen LogP contribution < -0.4 is 0 Å². The molecule has 0 saturated carbocycles. The summed E-state index contributed by atoms with van der Waals surface area (Å²) in [7, 11) is 0. The summed E-state index contributed by atoms with van der Waals surface area (Å²) in [6, 6.07) is 1.29. The predicted molar refractivity (Wildman–Crippen MR) is 43.4 cm³/mol. The first-order valence-corrected chi connectivity index (χ1v) is 4.00. The molecular formula is C8H7FOS. The summed E-state index contributed by atoms with van der Waals surface area (Å²) in [6.07, 6.45) is 1.68. The van der Waals surface area contributed by atoms with Crippen molar-refractivity contribution in [2.45, 2.75) is 6.42 Å². The van der Waals surface area contributed by atoms with E-state index in [1.54, 1.807) is 5.38 Å². The van der Waals surface area contributed by atoms with E-state index in [2.05, 4.69) is 6.58 Å². The maximum Gasteiger partial charge on any atom is 0.179 e. The van der Waals surface area contributed by atoms with Gasteiger partial charge in [0.25, 0.3) is 0 Å². The monoisotopic (exact) mass is 170 g/mol. The Labute approximate surface area is 68.2 Å². The summed E-state index contributed by atoms with van der Waals surface area (Å²) in [5.41, 5.74) is 0. The second-order valence-corrected chi connectivity index (χ2v) is 2.93. The van der Waals surface area contributed by atoms with Gasteiger partial charge < -0.3 is 0 Å². The molecule has 1 rings (SSSR count). The highest BCUT2D eigenvalue weighted by atomic mass is 32.1. The third kappa shape index (κ3) is 1.74. The molecule has 0 aliphatic rings. The van der Waals surface area contributed by atoms with Crippen molar-refractivity contribution in [3.05, 3.63) is 34.8 Å². The third-order valence-corrected chi connectivity index (χ3v) is 2.13. The van der Waals surface area contributed by atoms with Crippen LogP contribution in [0.2, 0.25) is 0 Å². The molecule has 0 radical (unpaired) electrons. The minimum atomic E-state index is -0.429. The summed E-state index contributed by atoms with van der Waals surface area (Å²) in [5, 5.41) is 1.56. The van der Waals surface area contributed by atoms with E-state index in [1.165, 1.54) is 12.1 Å². The van der Waals surface area contributed by atoms with Crippen molar-refractivity contribution in [2.24, 2.45) is 0 Å². The van der Waals surface area contributed by atoms with Gasteiger partial charge in [0.05, 0.1) is 0 Å². The van der Waals surface area contributed by atoms with E-state index in [-0.39, 0.29) is 17.1 Å². The molecule has 0 amide bonds. The molecule has 0 unspecified atom stereocenters. The first kappa shape index (κ1) is 8.14. The lowest BCUT2D eigenvalue weighted by atomic mass is 10.2. The number of Topliss-reactive ketones (excluding diaryl/α,β-unsaturated/α-hetero) is 1. The number of hydrogen-bond acceptors (Lipinski definition) is 2. The van der Waals surface area contributed by atoms with Gasteiger partial charge in [0.1, 0.15) is 10.7 Å². The van der Waals surface area contributed by atoms with Gasteiger partial charge in [-0.15, -0.1) is 17.9 Å². The second-order valence-electron chi connectivity index (χ2n) is 2.01. The molecule has 0 saturated heterocycles. The number of thiophene rings is 1. The van der Waals surface area contributed by atoms with Crippen LogP contribution in [0, 0.1) is 5.82 Å². The molecule has 1 heterocycles. The van der Waals surface area contributed by atoms with E-state index in [0.717, 1.165) is 11.3 Å². The van der Waals surface area contributed by atoms with E-state index >= 15 is 0 Å². The van der Waals surface area contributed by atoms with Gasteiger partial charge in [0.15, 0.2) is 5.78 Å². The SMILES string of the molecule is C=CCC(=O)c1sccc1F. The summed E-state index contributed by atoms with van der Waals surface area (Å²) >= 11 is 1.13. The smallest absolute Gasteiger partial charge is 0.179 e. The van der Waals surface area contributed by atoms with Crippen molar-refractivity contribution in [2.75, 3.05) is 0 Å². The molecule has 0 aliphatic heterocycles. The normalized spacial score (nSPS) is 9.55. The van der Waals surface area contributed by atoms with Gasteiger partial charge in [-0.2, -0.15) is 0 Å². The van der Waals surface area contributed by atoms with E-state index in [0.29, 0.717) is 0 Å². The molecule has 1 nitrogen and oxygen atoms in total. The number of carbonyl (C=O) groups is 1. The molecule has 58 valence electrons. The zero-order chi connectivity index (χ0) is 8.27. The number of allylic oxidation sites excluding steroid dienone is 1. The maximum absolute atomic E-state index is 12.7. The van der Waals surface area contributed by atoms with Gasteiger partial charge >= 0.3 is 0 Å². The number of halogens is 1. The molecule has 0 spiro atoms. The molecule has 0 fully saturated rings. The number of carbonyl (C=O) groups excluding carboxylic acids is 1. The zero-order valence-corrected chi connectivity index (χ0v) is 6.66. The number of hydrogen-bond donors (Lipinski definition) is 0. The standard InChI is InChI=1S/C8H7FOS/c1-2-3-7(10)8-6(9)4-5-11-8/h2,4-5H,1,3H2. The topological polar surface area (TPSA) is 17.1 Å². The molecule has 1 aromatic heterocycles. The fourth-order valence-corrected chi connectivity index (χ4v) is 1.44. The molecule has 0 aliphatic carbocycles. The fourth-order valence-electron chi connectivity index (χ4n) is 0.716. The van der Waals surface area contributed by atoms with Gasteiger partial charge in [-0.1, -0.05) is 6.08 Å². The highest BCUT2D eigenvalue weighted by Gasteiger charge is 2.10. The average Bonchev–Trinajstić information content (AvgIpc) is 2.36. The summed E-state index contributed by atoms with van der Waals surface area (Å²) in [5.74, 6) is -0.630. The van der Waals surface area contributed by atoms with Crippen LogP contribution >= 0.6 is 11.3 Å². The van der Waals surface area contributed by atoms with Gasteiger partial charge in [-0.05, 0) is 11.4 Å². The van der Waals surface area contributed by atoms with Crippen molar-refractivity contribution in [3.8, 4) is 0 Å². The van der Waals surface area contributed by atoms with E-state index in [1.807, 2.05) is 0 Å². The van der Waals surface area contributed by atoms with Crippen molar-refractivity contribution in [1.29, 1.82) is 0 Å². The predicted octanol–water partition coefficient (Wildman–Crippen LogP) is 2.65. The number of ketones is 1. The van der Waals surface area contributed by atoms with Gasteiger partial charge in [0.2, 0.25) is 0 Å². The van der Waals surface area contributed by atoms with Crippen LogP contribution in [0.5, 0.6) is 0 Å². The maximum atomic E-state index is 12.7. The Hall–Kier alpha value is -0.960. The second kappa shape index (κ2) is 3.44. The summed E-state index contributed by atoms with van der Waals surface area (Å²) in [4.78, 5) is 11.2. The Morgan fingerprint density at radius 2 is 2.55 bits per heavy atom. The van der Waals surface area contributed by atoms with Crippen LogP contribution in [0.4, 0.5) is 4.39 Å². The molecule has 1 aromatic rings. The number of rotatable bonds is 3. The lowest BCUT2D eigenvalue weighted by Gasteiger charge is -1.90. The van der Waals surface area contributed by atoms with E-state index in [9.17, 15) is 9.18 Å². The Morgan fingerprint density at radius 3 is 3.00 bits per heavy atom. The Morgan fingerprint density at radius 1 is 1.82 bits per heavy atom. The van der Waals surface area contributed by atoms with E-state index < -0.39 is 5.82 Å². The molecule has 0 aromatic carbocycles. The quantitative estimate of drug-likeness (QED) is 0.503. The van der Waals surface area contributed by atoms with Gasteiger partial charge in [-0.25, -0.2) is 4.39 Å². The van der Waals surface area contributed by atoms with Crippen molar-refractivity contribution >= 4 is 17.1 Å². The van der Waals surface area contributed by atoms with Crippen LogP contribution in [-0.4, -0.2) is 5.78 Å². The lowest BCUT2D eigenvalue weighted by molar-refractivity contribution is 0.0996. The molecular weight excluding hydrogens is 163 g/mol. The summed E-state index contributed by atoms with van der Waals surface area (Å²) in [6.45, 7) is 3.40. The molecule has 11 heavy (non-hydrogen) atoms. The van der Waals surface area contributed by atoms with Crippen molar-refractivity contribution < 1.29 is 9.18 Å². The Balaban J connectivity index is 2.83. The van der Waals surface area contributed by atoms with Gasteiger partial charge in [0, 0.05) is 6.42 Å². The third-order valence-electron chi connectivity index (χ3n) is 1.20. The zero-order valence-electron chi connectivity index (χ0n) is 5.84. The minimum absolute atomic E-state index is 0.199. The Bertz CT molecular complexity index is 277. The molecule has 0 atom stereocenters. The average molecular weight is 170 g/mol. The highest BCUT2D eigenvalue weighted by Crippen LogP contribution is 2.16. The first-order valence-electron chi connectivity index (χ1n) is 3.12. The van der Waals surface area contributed by atoms with Crippen LogP contribution in [0.25, 0.3) is 0 Å². The van der Waals surface area contributed by atoms with E-state index in [4.69, 9.17) is 0 Å². The first-order chi connectivity index (χ1) is 5.25. The highest BCUT2D eigenvalue weighted by molar-refractivity contribution is 7.12. The minimum Gasteiger partial charge on any atom is -0.293 e. The van der Waals surface area contributed by atoms with Crippen LogP contribution in [0.3, 0.4) is 0 Å². The largest absolute Gasteiger partial charge is 0.293 e. The molecule has 0 bridgehead atoms. The van der Waals surface area contributed by atoms with Crippen molar-refractivity contribution in [1.82, 2.24) is 0 Å². The van der Waals surface area contributed by atoms with Crippen molar-refractivity contribution in [3.63, 3.8) is 0 Å². The van der Waals surface area contributed by atoms with Gasteiger partial charge in [-0.3, -0.25) is 4.79 Å². The molecule has 3 heteroatoms. The fraction of sp³-hybridized carbons (Fsp3) is 0.125.